The molecule has 0 aliphatic heterocycles. The monoisotopic (exact) mass is 313 g/mol. The van der Waals surface area contributed by atoms with Crippen LogP contribution in [0.3, 0.4) is 0 Å². The van der Waals surface area contributed by atoms with Gasteiger partial charge in [-0.2, -0.15) is 0 Å². The number of aromatic nitrogens is 2. The Balaban J connectivity index is 2.55. The molecule has 0 amide bonds. The third kappa shape index (κ3) is 4.96. The average molecular weight is 312 g/mol. The van der Waals surface area contributed by atoms with Gasteiger partial charge in [0.15, 0.2) is 0 Å². The Morgan fingerprint density at radius 1 is 1.13 bits per heavy atom. The molecular weight excluding hydrogens is 291 g/mol. The summed E-state index contributed by atoms with van der Waals surface area (Å²) in [6.45, 7) is 4.56. The first-order chi connectivity index (χ1) is 7.38. The molecule has 0 fully saturated rings. The molecule has 0 atom stereocenters. The van der Waals surface area contributed by atoms with Crippen LogP contribution in [0.4, 0.5) is 0 Å². The van der Waals surface area contributed by atoms with Gasteiger partial charge in [0.25, 0.3) is 0 Å². The second-order valence-electron chi connectivity index (χ2n) is 3.91. The SMILES string of the molecule is CCC[CH2][Sn]([CH2]CCC)[c]1ccncn1. The zero-order chi connectivity index (χ0) is 10.9. The summed E-state index contributed by atoms with van der Waals surface area (Å²) in [5.74, 6) is 0. The molecule has 83 valence electrons. The van der Waals surface area contributed by atoms with Gasteiger partial charge in [-0.3, -0.25) is 0 Å². The van der Waals surface area contributed by atoms with Crippen LogP contribution in [0.2, 0.25) is 8.87 Å². The van der Waals surface area contributed by atoms with Gasteiger partial charge in [0, 0.05) is 0 Å². The van der Waals surface area contributed by atoms with E-state index in [1.807, 2.05) is 6.20 Å². The van der Waals surface area contributed by atoms with Gasteiger partial charge in [-0.25, -0.2) is 0 Å². The van der Waals surface area contributed by atoms with Gasteiger partial charge in [-0.1, -0.05) is 0 Å². The van der Waals surface area contributed by atoms with Gasteiger partial charge in [-0.15, -0.1) is 0 Å². The molecule has 0 aliphatic rings. The molecule has 15 heavy (non-hydrogen) atoms. The second-order valence-corrected chi connectivity index (χ2v) is 11.7. The van der Waals surface area contributed by atoms with E-state index in [1.165, 1.54) is 38.3 Å². The van der Waals surface area contributed by atoms with Crippen LogP contribution in [0.5, 0.6) is 0 Å². The van der Waals surface area contributed by atoms with Gasteiger partial charge >= 0.3 is 100 Å². The number of hydrogen-bond donors (Lipinski definition) is 0. The van der Waals surface area contributed by atoms with E-state index in [0.717, 1.165) is 0 Å². The summed E-state index contributed by atoms with van der Waals surface area (Å²) in [5.41, 5.74) is 0. The Hall–Kier alpha value is -0.121. The first-order valence-corrected chi connectivity index (χ1v) is 11.5. The van der Waals surface area contributed by atoms with Gasteiger partial charge in [0.1, 0.15) is 0 Å². The van der Waals surface area contributed by atoms with Crippen molar-refractivity contribution in [2.45, 2.75) is 48.4 Å². The van der Waals surface area contributed by atoms with Crippen LogP contribution in [0.25, 0.3) is 0 Å². The van der Waals surface area contributed by atoms with Crippen molar-refractivity contribution in [2.24, 2.45) is 0 Å². The third-order valence-electron chi connectivity index (χ3n) is 2.61. The van der Waals surface area contributed by atoms with E-state index in [2.05, 4.69) is 29.9 Å². The molecule has 0 saturated heterocycles. The van der Waals surface area contributed by atoms with Crippen LogP contribution in [0.1, 0.15) is 39.5 Å². The van der Waals surface area contributed by atoms with E-state index in [-0.39, 0.29) is 0 Å². The summed E-state index contributed by atoms with van der Waals surface area (Å²) < 4.78 is 4.36. The number of rotatable bonds is 7. The van der Waals surface area contributed by atoms with Crippen molar-refractivity contribution >= 4 is 23.5 Å². The summed E-state index contributed by atoms with van der Waals surface area (Å²) in [6.07, 6.45) is 9.04. The molecule has 1 aromatic heterocycles. The third-order valence-corrected chi connectivity index (χ3v) is 11.0. The van der Waals surface area contributed by atoms with E-state index >= 15 is 0 Å². The summed E-state index contributed by atoms with van der Waals surface area (Å²) in [6, 6.07) is 2.15. The van der Waals surface area contributed by atoms with Crippen LogP contribution in [-0.2, 0) is 0 Å². The standard InChI is InChI=1S/C4H3N2.2C4H9.Sn/c1-2-5-4-6-3-1;2*1-3-4-2;/h1-2,4H;2*1,3-4H2,2H3;. The van der Waals surface area contributed by atoms with Crippen molar-refractivity contribution in [1.82, 2.24) is 9.97 Å². The van der Waals surface area contributed by atoms with Crippen molar-refractivity contribution in [1.29, 1.82) is 0 Å². The van der Waals surface area contributed by atoms with Crippen LogP contribution in [0, 0.1) is 0 Å². The predicted octanol–water partition coefficient (Wildman–Crippen LogP) is 2.78. The number of nitrogens with zero attached hydrogens (tertiary/aromatic N) is 2. The molecule has 0 unspecified atom stereocenters. The van der Waals surface area contributed by atoms with E-state index in [4.69, 9.17) is 0 Å². The van der Waals surface area contributed by atoms with E-state index in [0.29, 0.717) is 0 Å². The molecule has 1 heterocycles. The molecule has 1 rings (SSSR count). The van der Waals surface area contributed by atoms with E-state index < -0.39 is 19.8 Å². The Morgan fingerprint density at radius 3 is 2.27 bits per heavy atom. The van der Waals surface area contributed by atoms with Crippen LogP contribution < -0.4 is 3.71 Å². The molecule has 0 N–H and O–H groups in total. The number of unbranched alkanes of at least 4 members (excludes halogenated alkanes) is 2. The molecule has 3 heteroatoms. The normalized spacial score (nSPS) is 10.9. The fourth-order valence-electron chi connectivity index (χ4n) is 1.66. The summed E-state index contributed by atoms with van der Waals surface area (Å²) >= 11 is -1.37. The van der Waals surface area contributed by atoms with Crippen LogP contribution in [-0.4, -0.2) is 29.7 Å². The van der Waals surface area contributed by atoms with E-state index in [9.17, 15) is 0 Å². The Labute approximate surface area is 100 Å². The molecular formula is C12H21N2Sn. The van der Waals surface area contributed by atoms with Crippen molar-refractivity contribution in [2.75, 3.05) is 0 Å². The molecule has 0 bridgehead atoms. The van der Waals surface area contributed by atoms with Crippen molar-refractivity contribution < 1.29 is 0 Å². The molecule has 2 nitrogen and oxygen atoms in total. The van der Waals surface area contributed by atoms with Crippen molar-refractivity contribution in [3.05, 3.63) is 18.6 Å². The van der Waals surface area contributed by atoms with Gasteiger partial charge in [0.2, 0.25) is 0 Å². The van der Waals surface area contributed by atoms with Gasteiger partial charge in [-0.05, 0) is 0 Å². The zero-order valence-corrected chi connectivity index (χ0v) is 12.7. The molecule has 0 aromatic carbocycles. The van der Waals surface area contributed by atoms with Gasteiger partial charge < -0.3 is 0 Å². The van der Waals surface area contributed by atoms with E-state index in [1.54, 1.807) is 6.33 Å². The number of hydrogen-bond acceptors (Lipinski definition) is 2. The van der Waals surface area contributed by atoms with Crippen molar-refractivity contribution in [3.8, 4) is 0 Å². The fraction of sp³-hybridized carbons (Fsp3) is 0.667. The first-order valence-electron chi connectivity index (χ1n) is 5.99. The Morgan fingerprint density at radius 2 is 1.80 bits per heavy atom. The second kappa shape index (κ2) is 8.08. The Bertz CT molecular complexity index is 243. The summed E-state index contributed by atoms with van der Waals surface area (Å²) in [4.78, 5) is 8.47. The quantitative estimate of drug-likeness (QED) is 0.724. The summed E-state index contributed by atoms with van der Waals surface area (Å²) in [5, 5.41) is 0. The predicted molar refractivity (Wildman–Crippen MR) is 66.9 cm³/mol. The average Bonchev–Trinajstić information content (AvgIpc) is 2.30. The summed E-state index contributed by atoms with van der Waals surface area (Å²) in [7, 11) is 0. The van der Waals surface area contributed by atoms with Crippen LogP contribution in [0.15, 0.2) is 18.6 Å². The topological polar surface area (TPSA) is 25.8 Å². The maximum atomic E-state index is 4.46. The minimum atomic E-state index is -1.37. The van der Waals surface area contributed by atoms with Gasteiger partial charge in [0.05, 0.1) is 0 Å². The molecule has 1 aromatic rings. The van der Waals surface area contributed by atoms with Crippen molar-refractivity contribution in [3.63, 3.8) is 0 Å². The van der Waals surface area contributed by atoms with Crippen LogP contribution >= 0.6 is 0 Å². The zero-order valence-electron chi connectivity index (χ0n) is 9.87. The minimum absolute atomic E-state index is 1.32. The first kappa shape index (κ1) is 12.9. The fourth-order valence-corrected chi connectivity index (χ4v) is 9.86. The molecule has 1 radical (unpaired) electrons. The molecule has 0 saturated carbocycles. The molecule has 0 aliphatic carbocycles. The maximum absolute atomic E-state index is 4.46. The Kier molecular flexibility index (Phi) is 6.97. The molecule has 0 spiro atoms.